The molecule has 0 spiro atoms. The van der Waals surface area contributed by atoms with E-state index in [1.54, 1.807) is 13.8 Å². The molecule has 1 atom stereocenters. The second-order valence-electron chi connectivity index (χ2n) is 5.36. The molecule has 0 aliphatic carbocycles. The van der Waals surface area contributed by atoms with E-state index in [4.69, 9.17) is 0 Å². The van der Waals surface area contributed by atoms with Crippen LogP contribution in [0.25, 0.3) is 0 Å². The number of likely N-dealkylation sites (N-methyl/N-ethyl adjacent to an activating group) is 1. The van der Waals surface area contributed by atoms with Gasteiger partial charge < -0.3 is 15.3 Å². The number of nitrogens with zero attached hydrogens (tertiary/aromatic N) is 2. The van der Waals surface area contributed by atoms with Gasteiger partial charge in [-0.3, -0.25) is 4.98 Å². The molecule has 4 heteroatoms. The summed E-state index contributed by atoms with van der Waals surface area (Å²) in [6.07, 6.45) is 2.88. The van der Waals surface area contributed by atoms with Gasteiger partial charge in [0.1, 0.15) is 0 Å². The van der Waals surface area contributed by atoms with Crippen molar-refractivity contribution in [3.63, 3.8) is 0 Å². The second kappa shape index (κ2) is 6.16. The smallest absolute Gasteiger partial charge is 0.0765 e. The molecule has 18 heavy (non-hydrogen) atoms. The average molecular weight is 251 g/mol. The second-order valence-corrected chi connectivity index (χ2v) is 5.36. The highest BCUT2D eigenvalue weighted by Crippen LogP contribution is 2.18. The lowest BCUT2D eigenvalue weighted by molar-refractivity contribution is 0.0886. The van der Waals surface area contributed by atoms with Crippen LogP contribution in [-0.2, 0) is 0 Å². The van der Waals surface area contributed by atoms with Gasteiger partial charge in [0.15, 0.2) is 0 Å². The van der Waals surface area contributed by atoms with Crippen LogP contribution >= 0.6 is 0 Å². The summed E-state index contributed by atoms with van der Waals surface area (Å²) in [5.74, 6) is 0. The minimum absolute atomic E-state index is 0.304. The molecule has 0 saturated carbocycles. The van der Waals surface area contributed by atoms with Gasteiger partial charge in [-0.15, -0.1) is 0 Å². The molecule has 0 radical (unpaired) electrons. The number of anilines is 1. The van der Waals surface area contributed by atoms with Crippen molar-refractivity contribution in [1.82, 2.24) is 10.3 Å². The van der Waals surface area contributed by atoms with Gasteiger partial charge in [-0.1, -0.05) is 6.92 Å². The summed E-state index contributed by atoms with van der Waals surface area (Å²) in [5.41, 5.74) is 1.37. The first-order valence-electron chi connectivity index (χ1n) is 6.44. The quantitative estimate of drug-likeness (QED) is 0.811. The SMILES string of the molecule is CCC(NC)c1ccc(N(C)CC(C)(C)O)cn1. The molecule has 0 aliphatic rings. The van der Waals surface area contributed by atoms with Crippen molar-refractivity contribution in [1.29, 1.82) is 0 Å². The van der Waals surface area contributed by atoms with Crippen molar-refractivity contribution in [2.24, 2.45) is 0 Å². The van der Waals surface area contributed by atoms with E-state index in [0.29, 0.717) is 12.6 Å². The van der Waals surface area contributed by atoms with Crippen LogP contribution < -0.4 is 10.2 Å². The zero-order chi connectivity index (χ0) is 13.8. The van der Waals surface area contributed by atoms with Gasteiger partial charge in [0.05, 0.1) is 23.2 Å². The molecular formula is C14H25N3O. The van der Waals surface area contributed by atoms with E-state index in [1.165, 1.54) is 0 Å². The van der Waals surface area contributed by atoms with Gasteiger partial charge in [-0.05, 0) is 39.4 Å². The Morgan fingerprint density at radius 1 is 1.44 bits per heavy atom. The van der Waals surface area contributed by atoms with Crippen molar-refractivity contribution in [3.8, 4) is 0 Å². The first-order chi connectivity index (χ1) is 8.37. The Morgan fingerprint density at radius 3 is 2.50 bits per heavy atom. The fourth-order valence-corrected chi connectivity index (χ4v) is 2.06. The Hall–Kier alpha value is -1.13. The van der Waals surface area contributed by atoms with Gasteiger partial charge in [0.2, 0.25) is 0 Å². The van der Waals surface area contributed by atoms with E-state index in [2.05, 4.69) is 17.2 Å². The van der Waals surface area contributed by atoms with Gasteiger partial charge in [-0.25, -0.2) is 0 Å². The van der Waals surface area contributed by atoms with Gasteiger partial charge in [0, 0.05) is 19.6 Å². The molecule has 0 saturated heterocycles. The molecule has 1 unspecified atom stereocenters. The maximum atomic E-state index is 9.80. The Morgan fingerprint density at radius 2 is 2.11 bits per heavy atom. The molecule has 0 amide bonds. The van der Waals surface area contributed by atoms with Crippen LogP contribution in [0.2, 0.25) is 0 Å². The molecule has 1 heterocycles. The molecular weight excluding hydrogens is 226 g/mol. The fraction of sp³-hybridized carbons (Fsp3) is 0.643. The van der Waals surface area contributed by atoms with Crippen LogP contribution in [0, 0.1) is 0 Å². The fourth-order valence-electron chi connectivity index (χ4n) is 2.06. The normalized spacial score (nSPS) is 13.4. The topological polar surface area (TPSA) is 48.4 Å². The lowest BCUT2D eigenvalue weighted by Crippen LogP contribution is -2.36. The summed E-state index contributed by atoms with van der Waals surface area (Å²) in [5, 5.41) is 13.0. The predicted octanol–water partition coefficient (Wildman–Crippen LogP) is 1.96. The van der Waals surface area contributed by atoms with E-state index in [1.807, 2.05) is 37.3 Å². The molecule has 102 valence electrons. The third-order valence-corrected chi connectivity index (χ3v) is 2.95. The molecule has 0 aliphatic heterocycles. The zero-order valence-electron chi connectivity index (χ0n) is 12.1. The van der Waals surface area contributed by atoms with E-state index in [-0.39, 0.29) is 0 Å². The predicted molar refractivity (Wildman–Crippen MR) is 75.9 cm³/mol. The highest BCUT2D eigenvalue weighted by atomic mass is 16.3. The molecule has 4 nitrogen and oxygen atoms in total. The largest absolute Gasteiger partial charge is 0.389 e. The number of pyridine rings is 1. The number of aromatic nitrogens is 1. The minimum Gasteiger partial charge on any atom is -0.389 e. The molecule has 1 aromatic rings. The average Bonchev–Trinajstić information content (AvgIpc) is 2.29. The van der Waals surface area contributed by atoms with Crippen molar-refractivity contribution >= 4 is 5.69 Å². The van der Waals surface area contributed by atoms with E-state index in [9.17, 15) is 5.11 Å². The number of nitrogens with one attached hydrogen (secondary N) is 1. The van der Waals surface area contributed by atoms with Crippen LogP contribution in [0.1, 0.15) is 38.9 Å². The Bertz CT molecular complexity index is 352. The summed E-state index contributed by atoms with van der Waals surface area (Å²) in [6.45, 7) is 6.33. The van der Waals surface area contributed by atoms with Crippen LogP contribution in [0.5, 0.6) is 0 Å². The number of hydrogen-bond donors (Lipinski definition) is 2. The van der Waals surface area contributed by atoms with Crippen molar-refractivity contribution < 1.29 is 5.11 Å². The van der Waals surface area contributed by atoms with Crippen molar-refractivity contribution in [2.75, 3.05) is 25.5 Å². The van der Waals surface area contributed by atoms with Crippen LogP contribution in [0.15, 0.2) is 18.3 Å². The van der Waals surface area contributed by atoms with Crippen LogP contribution in [0.4, 0.5) is 5.69 Å². The lowest BCUT2D eigenvalue weighted by atomic mass is 10.1. The van der Waals surface area contributed by atoms with Crippen molar-refractivity contribution in [3.05, 3.63) is 24.0 Å². The standard InChI is InChI=1S/C14H25N3O/c1-6-12(15-4)13-8-7-11(9-16-13)17(5)10-14(2,3)18/h7-9,12,15,18H,6,10H2,1-5H3. The summed E-state index contributed by atoms with van der Waals surface area (Å²) < 4.78 is 0. The Kier molecular flexibility index (Phi) is 5.11. The molecule has 1 rings (SSSR count). The Labute approximate surface area is 110 Å². The first-order valence-corrected chi connectivity index (χ1v) is 6.44. The maximum Gasteiger partial charge on any atom is 0.0765 e. The molecule has 2 N–H and O–H groups in total. The van der Waals surface area contributed by atoms with Gasteiger partial charge in [0.25, 0.3) is 0 Å². The third kappa shape index (κ3) is 4.27. The summed E-state index contributed by atoms with van der Waals surface area (Å²) in [7, 11) is 3.91. The molecule has 1 aromatic heterocycles. The lowest BCUT2D eigenvalue weighted by Gasteiger charge is -2.27. The van der Waals surface area contributed by atoms with E-state index in [0.717, 1.165) is 17.8 Å². The molecule has 0 bridgehead atoms. The number of aliphatic hydroxyl groups is 1. The maximum absolute atomic E-state index is 9.80. The minimum atomic E-state index is -0.704. The van der Waals surface area contributed by atoms with Crippen LogP contribution in [-0.4, -0.2) is 36.3 Å². The molecule has 0 fully saturated rings. The number of hydrogen-bond acceptors (Lipinski definition) is 4. The summed E-state index contributed by atoms with van der Waals surface area (Å²) in [4.78, 5) is 6.50. The van der Waals surface area contributed by atoms with E-state index < -0.39 is 5.60 Å². The highest BCUT2D eigenvalue weighted by molar-refractivity contribution is 5.44. The van der Waals surface area contributed by atoms with Crippen molar-refractivity contribution in [2.45, 2.75) is 38.8 Å². The monoisotopic (exact) mass is 251 g/mol. The first kappa shape index (κ1) is 14.9. The van der Waals surface area contributed by atoms with Gasteiger partial charge in [-0.2, -0.15) is 0 Å². The van der Waals surface area contributed by atoms with Crippen LogP contribution in [0.3, 0.4) is 0 Å². The highest BCUT2D eigenvalue weighted by Gasteiger charge is 2.16. The Balaban J connectivity index is 2.76. The third-order valence-electron chi connectivity index (χ3n) is 2.95. The zero-order valence-corrected chi connectivity index (χ0v) is 12.1. The van der Waals surface area contributed by atoms with E-state index >= 15 is 0 Å². The summed E-state index contributed by atoms with van der Waals surface area (Å²) >= 11 is 0. The molecule has 0 aromatic carbocycles. The van der Waals surface area contributed by atoms with Gasteiger partial charge >= 0.3 is 0 Å². The summed E-state index contributed by atoms with van der Waals surface area (Å²) in [6, 6.07) is 4.40. The number of rotatable bonds is 6.